The first-order chi connectivity index (χ1) is 11.3. The van der Waals surface area contributed by atoms with Gasteiger partial charge in [-0.2, -0.15) is 5.06 Å². The molecule has 2 aromatic carbocycles. The molecule has 0 saturated heterocycles. The number of anilines is 1. The lowest BCUT2D eigenvalue weighted by Crippen LogP contribution is -2.28. The number of carbonyl (C=O) groups excluding carboxylic acids is 1. The zero-order valence-corrected chi connectivity index (χ0v) is 16.4. The van der Waals surface area contributed by atoms with Gasteiger partial charge in [-0.05, 0) is 71.8 Å². The van der Waals surface area contributed by atoms with Gasteiger partial charge in [-0.3, -0.25) is 5.21 Å². The van der Waals surface area contributed by atoms with Gasteiger partial charge in [-0.25, -0.2) is 4.79 Å². The van der Waals surface area contributed by atoms with Crippen LogP contribution in [0.5, 0.6) is 5.75 Å². The van der Waals surface area contributed by atoms with E-state index in [1.807, 2.05) is 32.0 Å². The topological polar surface area (TPSA) is 59.0 Å². The number of hydrogen-bond donors (Lipinski definition) is 1. The summed E-state index contributed by atoms with van der Waals surface area (Å²) in [7, 11) is 1.20. The van der Waals surface area contributed by atoms with Crippen molar-refractivity contribution in [2.45, 2.75) is 20.5 Å². The molecule has 0 saturated carbocycles. The molecule has 128 valence electrons. The fourth-order valence-corrected chi connectivity index (χ4v) is 3.00. The first kappa shape index (κ1) is 18.8. The van der Waals surface area contributed by atoms with Crippen LogP contribution in [0.1, 0.15) is 16.7 Å². The molecule has 0 spiro atoms. The Hall–Kier alpha value is -1.51. The van der Waals surface area contributed by atoms with Crippen molar-refractivity contribution in [3.05, 3.63) is 55.6 Å². The molecule has 5 nitrogen and oxygen atoms in total. The van der Waals surface area contributed by atoms with Crippen molar-refractivity contribution in [2.24, 2.45) is 0 Å². The molecule has 7 heteroatoms. The summed E-state index contributed by atoms with van der Waals surface area (Å²) >= 11 is 8.34. The van der Waals surface area contributed by atoms with Crippen molar-refractivity contribution in [1.82, 2.24) is 0 Å². The van der Waals surface area contributed by atoms with Crippen molar-refractivity contribution in [3.63, 3.8) is 0 Å². The molecule has 1 amide bonds. The third-order valence-corrected chi connectivity index (χ3v) is 4.90. The monoisotopic (exact) mass is 461 g/mol. The Kier molecular flexibility index (Phi) is 6.31. The summed E-state index contributed by atoms with van der Waals surface area (Å²) in [4.78, 5) is 11.6. The Morgan fingerprint density at radius 3 is 2.62 bits per heavy atom. The molecule has 0 heterocycles. The Balaban J connectivity index is 2.30. The molecule has 2 aromatic rings. The van der Waals surface area contributed by atoms with Crippen LogP contribution in [0.15, 0.2) is 30.3 Å². The largest absolute Gasteiger partial charge is 0.487 e. The van der Waals surface area contributed by atoms with Gasteiger partial charge in [0.2, 0.25) is 0 Å². The highest BCUT2D eigenvalue weighted by molar-refractivity contribution is 14.1. The molecule has 1 N–H and O–H groups in total. The summed E-state index contributed by atoms with van der Waals surface area (Å²) in [6.45, 7) is 4.09. The molecule has 0 aliphatic carbocycles. The second-order valence-corrected chi connectivity index (χ2v) is 6.74. The van der Waals surface area contributed by atoms with Gasteiger partial charge in [0.05, 0.1) is 17.8 Å². The van der Waals surface area contributed by atoms with Crippen LogP contribution in [-0.4, -0.2) is 18.4 Å². The average Bonchev–Trinajstić information content (AvgIpc) is 2.56. The second-order valence-electron chi connectivity index (χ2n) is 5.17. The minimum absolute atomic E-state index is 0.144. The van der Waals surface area contributed by atoms with E-state index in [9.17, 15) is 10.0 Å². The molecule has 0 radical (unpaired) electrons. The summed E-state index contributed by atoms with van der Waals surface area (Å²) in [5, 5.41) is 11.0. The van der Waals surface area contributed by atoms with E-state index < -0.39 is 6.09 Å². The predicted octanol–water partition coefficient (Wildman–Crippen LogP) is 5.10. The van der Waals surface area contributed by atoms with Crippen LogP contribution < -0.4 is 9.80 Å². The Labute approximate surface area is 159 Å². The summed E-state index contributed by atoms with van der Waals surface area (Å²) in [6.07, 6.45) is -0.873. The highest BCUT2D eigenvalue weighted by atomic mass is 127. The summed E-state index contributed by atoms with van der Waals surface area (Å²) in [5.74, 6) is 0.549. The fourth-order valence-electron chi connectivity index (χ4n) is 2.09. The maximum Gasteiger partial charge on any atom is 0.438 e. The molecular weight excluding hydrogens is 445 g/mol. The maximum atomic E-state index is 11.6. The zero-order chi connectivity index (χ0) is 17.9. The van der Waals surface area contributed by atoms with Crippen molar-refractivity contribution in [3.8, 4) is 5.75 Å². The number of rotatable bonds is 4. The molecular formula is C17H17ClINO4. The van der Waals surface area contributed by atoms with Crippen molar-refractivity contribution < 1.29 is 19.5 Å². The molecule has 2 rings (SSSR count). The van der Waals surface area contributed by atoms with Crippen LogP contribution in [0.4, 0.5) is 10.5 Å². The van der Waals surface area contributed by atoms with Gasteiger partial charge in [0, 0.05) is 9.13 Å². The molecule has 0 aromatic heterocycles. The van der Waals surface area contributed by atoms with Gasteiger partial charge in [0.15, 0.2) is 0 Å². The lowest BCUT2D eigenvalue weighted by molar-refractivity contribution is 0.140. The third kappa shape index (κ3) is 4.12. The minimum atomic E-state index is -0.873. The Morgan fingerprint density at radius 1 is 1.29 bits per heavy atom. The van der Waals surface area contributed by atoms with E-state index in [2.05, 4.69) is 27.3 Å². The number of aryl methyl sites for hydroxylation is 2. The Bertz CT molecular complexity index is 766. The number of amides is 1. The lowest BCUT2D eigenvalue weighted by atomic mass is 10.1. The maximum absolute atomic E-state index is 11.6. The molecule has 0 bridgehead atoms. The Morgan fingerprint density at radius 2 is 1.96 bits per heavy atom. The first-order valence-corrected chi connectivity index (χ1v) is 8.54. The predicted molar refractivity (Wildman–Crippen MR) is 101 cm³/mol. The second kappa shape index (κ2) is 8.04. The smallest absolute Gasteiger partial charge is 0.438 e. The van der Waals surface area contributed by atoms with E-state index in [0.717, 1.165) is 14.7 Å². The van der Waals surface area contributed by atoms with E-state index in [0.29, 0.717) is 27.1 Å². The van der Waals surface area contributed by atoms with Gasteiger partial charge in [-0.15, -0.1) is 0 Å². The van der Waals surface area contributed by atoms with Crippen LogP contribution in [-0.2, 0) is 11.3 Å². The van der Waals surface area contributed by atoms with Gasteiger partial charge in [0.1, 0.15) is 12.4 Å². The molecule has 0 aliphatic rings. The number of hydroxylamine groups is 1. The summed E-state index contributed by atoms with van der Waals surface area (Å²) in [6, 6.07) is 8.91. The van der Waals surface area contributed by atoms with Crippen LogP contribution >= 0.6 is 34.2 Å². The number of nitrogens with zero attached hydrogens (tertiary/aromatic N) is 1. The molecule has 0 aliphatic heterocycles. The standard InChI is InChI=1S/C17H17ClINO4/c1-10-7-13(18)16(8-11(10)2)24-9-12-14(19)5-4-6-15(12)20(22)17(21)23-3/h4-8,22H,9H2,1-3H3. The van der Waals surface area contributed by atoms with E-state index in [1.54, 1.807) is 12.1 Å². The summed E-state index contributed by atoms with van der Waals surface area (Å²) < 4.78 is 11.2. The normalized spacial score (nSPS) is 10.4. The van der Waals surface area contributed by atoms with Crippen LogP contribution in [0.2, 0.25) is 5.02 Å². The van der Waals surface area contributed by atoms with E-state index in [1.165, 1.54) is 7.11 Å². The average molecular weight is 462 g/mol. The van der Waals surface area contributed by atoms with Crippen LogP contribution in [0.3, 0.4) is 0 Å². The number of benzene rings is 2. The van der Waals surface area contributed by atoms with E-state index in [4.69, 9.17) is 16.3 Å². The number of halogens is 2. The number of hydrogen-bond acceptors (Lipinski definition) is 4. The lowest BCUT2D eigenvalue weighted by Gasteiger charge is -2.19. The van der Waals surface area contributed by atoms with E-state index in [-0.39, 0.29) is 6.61 Å². The highest BCUT2D eigenvalue weighted by Crippen LogP contribution is 2.31. The zero-order valence-electron chi connectivity index (χ0n) is 13.5. The number of methoxy groups -OCH3 is 1. The van der Waals surface area contributed by atoms with Gasteiger partial charge in [0.25, 0.3) is 0 Å². The summed E-state index contributed by atoms with van der Waals surface area (Å²) in [5.41, 5.74) is 3.10. The van der Waals surface area contributed by atoms with Crippen molar-refractivity contribution >= 4 is 46.0 Å². The third-order valence-electron chi connectivity index (χ3n) is 3.59. The number of carbonyl (C=O) groups is 1. The molecule has 0 unspecified atom stereocenters. The van der Waals surface area contributed by atoms with Gasteiger partial charge >= 0.3 is 6.09 Å². The first-order valence-electron chi connectivity index (χ1n) is 7.09. The SMILES string of the molecule is COC(=O)N(O)c1cccc(I)c1COc1cc(C)c(C)cc1Cl. The van der Waals surface area contributed by atoms with Crippen molar-refractivity contribution in [2.75, 3.05) is 12.2 Å². The quantitative estimate of drug-likeness (QED) is 0.391. The van der Waals surface area contributed by atoms with Crippen LogP contribution in [0, 0.1) is 17.4 Å². The van der Waals surface area contributed by atoms with Gasteiger partial charge in [-0.1, -0.05) is 17.7 Å². The highest BCUT2D eigenvalue weighted by Gasteiger charge is 2.19. The molecule has 0 fully saturated rings. The van der Waals surface area contributed by atoms with Crippen molar-refractivity contribution in [1.29, 1.82) is 0 Å². The number of ether oxygens (including phenoxy) is 2. The molecule has 24 heavy (non-hydrogen) atoms. The van der Waals surface area contributed by atoms with Crippen LogP contribution in [0.25, 0.3) is 0 Å². The van der Waals surface area contributed by atoms with E-state index >= 15 is 0 Å². The molecule has 0 atom stereocenters. The van der Waals surface area contributed by atoms with Gasteiger partial charge < -0.3 is 9.47 Å². The fraction of sp³-hybridized carbons (Fsp3) is 0.235. The minimum Gasteiger partial charge on any atom is -0.487 e.